The van der Waals surface area contributed by atoms with Crippen molar-refractivity contribution in [3.63, 3.8) is 0 Å². The van der Waals surface area contributed by atoms with Crippen molar-refractivity contribution in [1.29, 1.82) is 0 Å². The van der Waals surface area contributed by atoms with E-state index in [2.05, 4.69) is 23.6 Å². The summed E-state index contributed by atoms with van der Waals surface area (Å²) in [6, 6.07) is 27.2. The van der Waals surface area contributed by atoms with Crippen molar-refractivity contribution in [3.8, 4) is 44.6 Å². The Morgan fingerprint density at radius 1 is 0.684 bits per heavy atom. The molecule has 0 atom stereocenters. The fourth-order valence-electron chi connectivity index (χ4n) is 6.12. The molecule has 0 spiro atoms. The molecule has 6 rings (SSSR count). The first kappa shape index (κ1) is 21.4. The van der Waals surface area contributed by atoms with Crippen LogP contribution in [0.15, 0.2) is 91.1 Å². The van der Waals surface area contributed by atoms with E-state index in [0.29, 0.717) is 11.3 Å². The number of pyridine rings is 1. The third-order valence-electron chi connectivity index (χ3n) is 7.85. The molecule has 188 valence electrons. The molecule has 0 bridgehead atoms. The molecule has 2 heterocycles. The molecule has 0 amide bonds. The summed E-state index contributed by atoms with van der Waals surface area (Å²) in [5.41, 5.74) is 7.87. The summed E-state index contributed by atoms with van der Waals surface area (Å²) < 4.78 is 58.4. The normalized spacial score (nSPS) is 14.8. The summed E-state index contributed by atoms with van der Waals surface area (Å²) >= 11 is -3.26. The zero-order valence-corrected chi connectivity index (χ0v) is 24.0. The number of benzene rings is 4. The van der Waals surface area contributed by atoms with E-state index < -0.39 is 25.9 Å². The Labute approximate surface area is 230 Å². The Morgan fingerprint density at radius 3 is 2.08 bits per heavy atom. The predicted molar refractivity (Wildman–Crippen MR) is 156 cm³/mol. The number of hydrogen-bond donors (Lipinski definition) is 0. The zero-order valence-electron chi connectivity index (χ0n) is 24.9. The summed E-state index contributed by atoms with van der Waals surface area (Å²) in [6.45, 7) is -0.584. The monoisotopic (exact) mass is 567 g/mol. The average Bonchev–Trinajstić information content (AvgIpc) is 3.15. The van der Waals surface area contributed by atoms with E-state index >= 15 is 4.39 Å². The van der Waals surface area contributed by atoms with Crippen molar-refractivity contribution in [1.82, 2.24) is 0 Å². The summed E-state index contributed by atoms with van der Waals surface area (Å²) in [7, 11) is 1.74. The van der Waals surface area contributed by atoms with E-state index in [1.807, 2.05) is 67.6 Å². The molecule has 0 saturated carbocycles. The molecule has 1 aliphatic rings. The van der Waals surface area contributed by atoms with Gasteiger partial charge >= 0.3 is 230 Å². The van der Waals surface area contributed by atoms with Crippen molar-refractivity contribution in [2.24, 2.45) is 7.05 Å². The molecule has 0 aliphatic carbocycles. The average molecular weight is 566 g/mol. The van der Waals surface area contributed by atoms with Gasteiger partial charge in [-0.2, -0.15) is 0 Å². The van der Waals surface area contributed by atoms with Crippen LogP contribution in [0, 0.1) is 25.4 Å². The molecular formula is C34H30F2GeN+. The summed E-state index contributed by atoms with van der Waals surface area (Å²) in [4.78, 5) is 0. The second-order valence-corrected chi connectivity index (χ2v) is 19.5. The van der Waals surface area contributed by atoms with E-state index in [1.54, 1.807) is 17.7 Å². The standard InChI is InChI=1S/C34H30F2GeN/c1-21-14-15-26-27-16-17-28(35)32(25-13-9-12-24(19-25)23-10-7-6-8-11-23)34(27)37(3,4)33(26)31(21)30-18-22(2)29(36)20-38(30)5/h6-20H,1-5H3/q+1/i2D3. The van der Waals surface area contributed by atoms with Gasteiger partial charge < -0.3 is 0 Å². The van der Waals surface area contributed by atoms with Gasteiger partial charge in [0.15, 0.2) is 0 Å². The van der Waals surface area contributed by atoms with Crippen LogP contribution in [0.25, 0.3) is 44.6 Å². The number of nitrogens with zero attached hydrogens (tertiary/aromatic N) is 1. The van der Waals surface area contributed by atoms with E-state index in [9.17, 15) is 4.39 Å². The quantitative estimate of drug-likeness (QED) is 0.161. The van der Waals surface area contributed by atoms with Crippen molar-refractivity contribution in [2.75, 3.05) is 0 Å². The van der Waals surface area contributed by atoms with Crippen molar-refractivity contribution >= 4 is 22.1 Å². The molecule has 1 aromatic heterocycles. The number of aryl methyl sites for hydroxylation is 3. The van der Waals surface area contributed by atoms with Gasteiger partial charge in [0.1, 0.15) is 0 Å². The number of halogens is 2. The number of fused-ring (bicyclic) bond motifs is 3. The van der Waals surface area contributed by atoms with Gasteiger partial charge in [0.05, 0.1) is 0 Å². The first-order valence-corrected chi connectivity index (χ1v) is 19.0. The minimum absolute atomic E-state index is 0.254. The van der Waals surface area contributed by atoms with Crippen LogP contribution in [0.2, 0.25) is 11.5 Å². The van der Waals surface area contributed by atoms with E-state index in [0.717, 1.165) is 47.7 Å². The van der Waals surface area contributed by atoms with Crippen molar-refractivity contribution < 1.29 is 17.5 Å². The van der Waals surface area contributed by atoms with E-state index in [1.165, 1.54) is 12.3 Å². The third kappa shape index (κ3) is 3.75. The molecule has 4 aromatic carbocycles. The van der Waals surface area contributed by atoms with Gasteiger partial charge in [-0.15, -0.1) is 0 Å². The molecule has 0 fully saturated rings. The Bertz CT molecular complexity index is 1850. The SMILES string of the molecule is [2H]C([2H])([2H])c1cc(-c2c(C)ccc3[c]2[Ge]([CH3])([CH3])[c]2c-3ccc(F)c2-c2cccc(-c3ccccc3)c2)[n+](C)cc1F. The Hall–Kier alpha value is -3.57. The van der Waals surface area contributed by atoms with Crippen LogP contribution < -0.4 is 13.4 Å². The van der Waals surface area contributed by atoms with Crippen LogP contribution in [-0.2, 0) is 7.05 Å². The molecular weight excluding hydrogens is 533 g/mol. The molecule has 0 unspecified atom stereocenters. The van der Waals surface area contributed by atoms with Crippen molar-refractivity contribution in [3.05, 3.63) is 114 Å². The molecule has 0 N–H and O–H groups in total. The van der Waals surface area contributed by atoms with Gasteiger partial charge in [-0.1, -0.05) is 0 Å². The predicted octanol–water partition coefficient (Wildman–Crippen LogP) is 7.21. The van der Waals surface area contributed by atoms with Crippen LogP contribution in [0.5, 0.6) is 0 Å². The second-order valence-electron chi connectivity index (χ2n) is 10.6. The minimum atomic E-state index is -3.26. The molecule has 1 aliphatic heterocycles. The number of hydrogen-bond acceptors (Lipinski definition) is 0. The molecule has 5 aromatic rings. The summed E-state index contributed by atoms with van der Waals surface area (Å²) in [6.07, 6.45) is 1.25. The number of rotatable bonds is 3. The van der Waals surface area contributed by atoms with Gasteiger partial charge in [-0.05, 0) is 0 Å². The Balaban J connectivity index is 1.61. The van der Waals surface area contributed by atoms with Crippen molar-refractivity contribution in [2.45, 2.75) is 25.3 Å². The van der Waals surface area contributed by atoms with Crippen LogP contribution in [-0.4, -0.2) is 13.3 Å². The molecule has 0 saturated heterocycles. The number of aromatic nitrogens is 1. The van der Waals surface area contributed by atoms with Crippen LogP contribution in [0.4, 0.5) is 8.78 Å². The fraction of sp³-hybridized carbons (Fsp3) is 0.147. The van der Waals surface area contributed by atoms with Crippen LogP contribution in [0.1, 0.15) is 15.2 Å². The molecule has 4 heteroatoms. The molecule has 38 heavy (non-hydrogen) atoms. The summed E-state index contributed by atoms with van der Waals surface area (Å²) in [5, 5.41) is 0. The van der Waals surface area contributed by atoms with Gasteiger partial charge in [0, 0.05) is 0 Å². The van der Waals surface area contributed by atoms with Gasteiger partial charge in [-0.3, -0.25) is 0 Å². The first-order chi connectivity index (χ1) is 19.4. The second kappa shape index (κ2) is 9.02. The first-order valence-electron chi connectivity index (χ1n) is 14.2. The van der Waals surface area contributed by atoms with Gasteiger partial charge in [0.2, 0.25) is 0 Å². The maximum atomic E-state index is 15.9. The van der Waals surface area contributed by atoms with Gasteiger partial charge in [-0.25, -0.2) is 0 Å². The van der Waals surface area contributed by atoms with Crippen LogP contribution >= 0.6 is 0 Å². The topological polar surface area (TPSA) is 3.88 Å². The fourth-order valence-corrected chi connectivity index (χ4v) is 14.2. The molecule has 1 nitrogen and oxygen atoms in total. The Morgan fingerprint density at radius 2 is 1.34 bits per heavy atom. The molecule has 0 radical (unpaired) electrons. The van der Waals surface area contributed by atoms with E-state index in [4.69, 9.17) is 4.11 Å². The summed E-state index contributed by atoms with van der Waals surface area (Å²) in [5.74, 6) is 3.53. The van der Waals surface area contributed by atoms with Gasteiger partial charge in [0.25, 0.3) is 0 Å². The van der Waals surface area contributed by atoms with Crippen LogP contribution in [0.3, 0.4) is 0 Å². The van der Waals surface area contributed by atoms with E-state index in [-0.39, 0.29) is 11.4 Å². The zero-order chi connectivity index (χ0) is 29.3. The third-order valence-corrected chi connectivity index (χ3v) is 15.3. The Kier molecular flexibility index (Phi) is 5.08. The maximum absolute atomic E-state index is 15.9.